The van der Waals surface area contributed by atoms with Crippen molar-refractivity contribution in [2.24, 2.45) is 0 Å². The van der Waals surface area contributed by atoms with Crippen LogP contribution >= 0.6 is 0 Å². The van der Waals surface area contributed by atoms with Gasteiger partial charge in [0.05, 0.1) is 12.0 Å². The quantitative estimate of drug-likeness (QED) is 0.641. The van der Waals surface area contributed by atoms with E-state index in [1.807, 2.05) is 12.1 Å². The van der Waals surface area contributed by atoms with Crippen molar-refractivity contribution < 1.29 is 14.4 Å². The fourth-order valence-corrected chi connectivity index (χ4v) is 1.69. The van der Waals surface area contributed by atoms with Crippen molar-refractivity contribution in [2.75, 3.05) is 19.5 Å². The summed E-state index contributed by atoms with van der Waals surface area (Å²) in [5, 5.41) is 13.7. The summed E-state index contributed by atoms with van der Waals surface area (Å²) in [5.74, 6) is 0.763. The molecule has 2 aromatic rings. The van der Waals surface area contributed by atoms with Gasteiger partial charge in [0.25, 0.3) is 5.88 Å². The predicted octanol–water partition coefficient (Wildman–Crippen LogP) is 2.01. The third kappa shape index (κ3) is 3.35. The number of ether oxygens (including phenoxy) is 2. The molecular weight excluding hydrogens is 276 g/mol. The fraction of sp³-hybridized carbons (Fsp3) is 0.231. The number of nitrogens with zero attached hydrogens (tertiary/aromatic N) is 3. The van der Waals surface area contributed by atoms with Crippen molar-refractivity contribution in [1.29, 1.82) is 0 Å². The summed E-state index contributed by atoms with van der Waals surface area (Å²) in [6, 6.07) is 7.19. The topological polar surface area (TPSA) is 99.4 Å². The first-order valence-corrected chi connectivity index (χ1v) is 6.08. The second-order valence-electron chi connectivity index (χ2n) is 4.02. The highest BCUT2D eigenvalue weighted by Crippen LogP contribution is 2.30. The van der Waals surface area contributed by atoms with E-state index in [9.17, 15) is 10.1 Å². The molecule has 1 aromatic heterocycles. The van der Waals surface area contributed by atoms with Crippen molar-refractivity contribution in [3.05, 3.63) is 46.3 Å². The van der Waals surface area contributed by atoms with Crippen LogP contribution in [0.3, 0.4) is 0 Å². The average Bonchev–Trinajstić information content (AvgIpc) is 2.52. The minimum Gasteiger partial charge on any atom is -0.497 e. The van der Waals surface area contributed by atoms with E-state index < -0.39 is 4.92 Å². The molecule has 0 aliphatic carbocycles. The average molecular weight is 290 g/mol. The summed E-state index contributed by atoms with van der Waals surface area (Å²) in [6.07, 6.45) is 1.21. The number of aromatic nitrogens is 2. The van der Waals surface area contributed by atoms with E-state index in [0.717, 1.165) is 11.3 Å². The fourth-order valence-electron chi connectivity index (χ4n) is 1.69. The number of hydrogen-bond acceptors (Lipinski definition) is 7. The molecule has 1 heterocycles. The van der Waals surface area contributed by atoms with Gasteiger partial charge in [-0.2, -0.15) is 4.98 Å². The van der Waals surface area contributed by atoms with E-state index in [1.54, 1.807) is 26.3 Å². The molecule has 21 heavy (non-hydrogen) atoms. The van der Waals surface area contributed by atoms with Gasteiger partial charge in [-0.3, -0.25) is 10.1 Å². The van der Waals surface area contributed by atoms with E-state index in [4.69, 9.17) is 9.47 Å². The van der Waals surface area contributed by atoms with Crippen LogP contribution in [0.25, 0.3) is 0 Å². The Morgan fingerprint density at radius 2 is 2.00 bits per heavy atom. The van der Waals surface area contributed by atoms with Crippen molar-refractivity contribution in [3.63, 3.8) is 0 Å². The van der Waals surface area contributed by atoms with Gasteiger partial charge in [-0.1, -0.05) is 12.1 Å². The summed E-state index contributed by atoms with van der Waals surface area (Å²) in [7, 11) is 3.12. The lowest BCUT2D eigenvalue weighted by atomic mass is 10.2. The van der Waals surface area contributed by atoms with Crippen LogP contribution in [0.5, 0.6) is 11.6 Å². The standard InChI is InChI=1S/C13H14N4O4/c1-14-12-11(17(18)19)13(16-8-15-12)21-7-9-3-5-10(20-2)6-4-9/h3-6,8H,7H2,1-2H3,(H,14,15,16). The molecule has 0 unspecified atom stereocenters. The Hall–Kier alpha value is -2.90. The van der Waals surface area contributed by atoms with Gasteiger partial charge in [0.15, 0.2) is 0 Å². The molecule has 110 valence electrons. The van der Waals surface area contributed by atoms with Gasteiger partial charge in [0.1, 0.15) is 18.7 Å². The number of hydrogen-bond donors (Lipinski definition) is 1. The van der Waals surface area contributed by atoms with Crippen LogP contribution in [0.1, 0.15) is 5.56 Å². The van der Waals surface area contributed by atoms with Crippen molar-refractivity contribution in [1.82, 2.24) is 9.97 Å². The SMILES string of the molecule is CNc1ncnc(OCc2ccc(OC)cc2)c1[N+](=O)[O-]. The Labute approximate surface area is 120 Å². The Morgan fingerprint density at radius 1 is 1.29 bits per heavy atom. The Morgan fingerprint density at radius 3 is 2.57 bits per heavy atom. The molecule has 0 bridgehead atoms. The van der Waals surface area contributed by atoms with Crippen LogP contribution in [0.15, 0.2) is 30.6 Å². The minimum atomic E-state index is -0.574. The van der Waals surface area contributed by atoms with Crippen molar-refractivity contribution >= 4 is 11.5 Å². The molecule has 0 atom stereocenters. The van der Waals surface area contributed by atoms with Crippen LogP contribution in [0.4, 0.5) is 11.5 Å². The lowest BCUT2D eigenvalue weighted by molar-refractivity contribution is -0.385. The molecule has 8 nitrogen and oxygen atoms in total. The molecule has 0 radical (unpaired) electrons. The summed E-state index contributed by atoms with van der Waals surface area (Å²) in [5.41, 5.74) is 0.559. The second-order valence-corrected chi connectivity index (χ2v) is 4.02. The summed E-state index contributed by atoms with van der Waals surface area (Å²) >= 11 is 0. The maximum Gasteiger partial charge on any atom is 0.372 e. The Balaban J connectivity index is 2.17. The van der Waals surface area contributed by atoms with Crippen molar-refractivity contribution in [3.8, 4) is 11.6 Å². The molecule has 0 fully saturated rings. The third-order valence-corrected chi connectivity index (χ3v) is 2.74. The number of rotatable bonds is 6. The number of methoxy groups -OCH3 is 1. The van der Waals surface area contributed by atoms with Gasteiger partial charge in [-0.05, 0) is 17.7 Å². The van der Waals surface area contributed by atoms with Gasteiger partial charge < -0.3 is 14.8 Å². The highest BCUT2D eigenvalue weighted by Gasteiger charge is 2.23. The van der Waals surface area contributed by atoms with Crippen LogP contribution in [0, 0.1) is 10.1 Å². The predicted molar refractivity (Wildman–Crippen MR) is 75.6 cm³/mol. The van der Waals surface area contributed by atoms with Gasteiger partial charge >= 0.3 is 5.69 Å². The number of nitrogens with one attached hydrogen (secondary N) is 1. The molecule has 0 amide bonds. The third-order valence-electron chi connectivity index (χ3n) is 2.74. The Bertz CT molecular complexity index is 631. The molecular formula is C13H14N4O4. The summed E-state index contributed by atoms with van der Waals surface area (Å²) < 4.78 is 10.5. The molecule has 0 saturated carbocycles. The number of anilines is 1. The van der Waals surface area contributed by atoms with Crippen LogP contribution in [-0.2, 0) is 6.61 Å². The zero-order chi connectivity index (χ0) is 15.2. The molecule has 8 heteroatoms. The van der Waals surface area contributed by atoms with E-state index >= 15 is 0 Å². The number of nitro groups is 1. The molecule has 0 saturated heterocycles. The zero-order valence-electron chi connectivity index (χ0n) is 11.6. The highest BCUT2D eigenvalue weighted by atomic mass is 16.6. The normalized spacial score (nSPS) is 10.0. The van der Waals surface area contributed by atoms with Gasteiger partial charge in [-0.15, -0.1) is 0 Å². The van der Waals surface area contributed by atoms with Crippen molar-refractivity contribution in [2.45, 2.75) is 6.61 Å². The smallest absolute Gasteiger partial charge is 0.372 e. The second kappa shape index (κ2) is 6.51. The minimum absolute atomic E-state index is 0.0739. The molecule has 0 aliphatic heterocycles. The van der Waals surface area contributed by atoms with Crippen LogP contribution in [-0.4, -0.2) is 29.0 Å². The molecule has 2 rings (SSSR count). The van der Waals surface area contributed by atoms with E-state index in [2.05, 4.69) is 15.3 Å². The lowest BCUT2D eigenvalue weighted by Crippen LogP contribution is -2.05. The zero-order valence-corrected chi connectivity index (χ0v) is 11.6. The van der Waals surface area contributed by atoms with Gasteiger partial charge in [-0.25, -0.2) is 4.98 Å². The van der Waals surface area contributed by atoms with Crippen LogP contribution in [0.2, 0.25) is 0 Å². The van der Waals surface area contributed by atoms with Gasteiger partial charge in [0.2, 0.25) is 5.82 Å². The van der Waals surface area contributed by atoms with E-state index in [-0.39, 0.29) is 24.0 Å². The monoisotopic (exact) mass is 290 g/mol. The Kier molecular flexibility index (Phi) is 4.50. The van der Waals surface area contributed by atoms with E-state index in [1.165, 1.54) is 6.33 Å². The number of benzene rings is 1. The summed E-state index contributed by atoms with van der Waals surface area (Å²) in [6.45, 7) is 0.158. The first-order valence-electron chi connectivity index (χ1n) is 6.08. The molecule has 0 aliphatic rings. The lowest BCUT2D eigenvalue weighted by Gasteiger charge is -2.08. The molecule has 1 N–H and O–H groups in total. The largest absolute Gasteiger partial charge is 0.497 e. The first-order chi connectivity index (χ1) is 10.2. The first kappa shape index (κ1) is 14.5. The van der Waals surface area contributed by atoms with Gasteiger partial charge in [0, 0.05) is 7.05 Å². The van der Waals surface area contributed by atoms with E-state index in [0.29, 0.717) is 0 Å². The van der Waals surface area contributed by atoms with Crippen LogP contribution < -0.4 is 14.8 Å². The molecule has 1 aromatic carbocycles. The maximum absolute atomic E-state index is 11.1. The summed E-state index contributed by atoms with van der Waals surface area (Å²) in [4.78, 5) is 18.1. The maximum atomic E-state index is 11.1. The highest BCUT2D eigenvalue weighted by molar-refractivity contribution is 5.60. The molecule has 0 spiro atoms.